The summed E-state index contributed by atoms with van der Waals surface area (Å²) in [6, 6.07) is 1.80. The number of aryl methyl sites for hydroxylation is 1. The van der Waals surface area contributed by atoms with Crippen molar-refractivity contribution in [2.75, 3.05) is 12.8 Å². The lowest BCUT2D eigenvalue weighted by Gasteiger charge is -2.00. The highest BCUT2D eigenvalue weighted by molar-refractivity contribution is 5.48. The summed E-state index contributed by atoms with van der Waals surface area (Å²) in [5.74, 6) is 0.718. The van der Waals surface area contributed by atoms with Gasteiger partial charge >= 0.3 is 0 Å². The molecule has 1 heterocycles. The first-order chi connectivity index (χ1) is 4.25. The molecule has 0 atom stereocenters. The molecule has 2 N–H and O–H groups in total. The van der Waals surface area contributed by atoms with Crippen molar-refractivity contribution in [3.05, 3.63) is 12.3 Å². The summed E-state index contributed by atoms with van der Waals surface area (Å²) in [4.78, 5) is 0. The third-order valence-corrected chi connectivity index (χ3v) is 1.24. The van der Waals surface area contributed by atoms with Crippen molar-refractivity contribution in [1.82, 2.24) is 4.57 Å². The fraction of sp³-hybridized carbons (Fsp3) is 0.333. The maximum absolute atomic E-state index is 5.51. The van der Waals surface area contributed by atoms with Crippen LogP contribution in [-0.2, 0) is 7.05 Å². The highest BCUT2D eigenvalue weighted by Gasteiger charge is 2.00. The molecule has 1 rings (SSSR count). The van der Waals surface area contributed by atoms with Gasteiger partial charge in [0.05, 0.1) is 12.8 Å². The van der Waals surface area contributed by atoms with E-state index in [1.54, 1.807) is 13.2 Å². The van der Waals surface area contributed by atoms with Crippen LogP contribution in [0.4, 0.5) is 5.69 Å². The number of hydrogen-bond donors (Lipinski definition) is 1. The maximum Gasteiger partial charge on any atom is 0.216 e. The second kappa shape index (κ2) is 2.01. The molecule has 0 unspecified atom stereocenters. The number of ether oxygens (including phenoxy) is 1. The van der Waals surface area contributed by atoms with Crippen LogP contribution in [0.5, 0.6) is 5.88 Å². The Morgan fingerprint density at radius 1 is 1.67 bits per heavy atom. The number of rotatable bonds is 1. The average Bonchev–Trinajstić information content (AvgIpc) is 2.12. The van der Waals surface area contributed by atoms with E-state index in [1.165, 1.54) is 0 Å². The van der Waals surface area contributed by atoms with Crippen LogP contribution in [0.15, 0.2) is 12.3 Å². The zero-order valence-corrected chi connectivity index (χ0v) is 5.59. The minimum atomic E-state index is 0.681. The molecule has 0 spiro atoms. The van der Waals surface area contributed by atoms with Crippen LogP contribution in [0.2, 0.25) is 0 Å². The van der Waals surface area contributed by atoms with E-state index in [9.17, 15) is 0 Å². The van der Waals surface area contributed by atoms with Gasteiger partial charge in [-0.25, -0.2) is 0 Å². The van der Waals surface area contributed by atoms with Crippen LogP contribution in [0, 0.1) is 0 Å². The lowest BCUT2D eigenvalue weighted by molar-refractivity contribution is 0.384. The Morgan fingerprint density at radius 3 is 2.56 bits per heavy atom. The van der Waals surface area contributed by atoms with Crippen LogP contribution < -0.4 is 10.5 Å². The number of nitrogens with zero attached hydrogens (tertiary/aromatic N) is 1. The Morgan fingerprint density at radius 2 is 2.33 bits per heavy atom. The van der Waals surface area contributed by atoms with Crippen molar-refractivity contribution in [1.29, 1.82) is 0 Å². The van der Waals surface area contributed by atoms with E-state index in [-0.39, 0.29) is 0 Å². The van der Waals surface area contributed by atoms with E-state index in [1.807, 2.05) is 17.8 Å². The molecule has 0 bridgehead atoms. The first-order valence-electron chi connectivity index (χ1n) is 2.70. The van der Waals surface area contributed by atoms with Gasteiger partial charge in [-0.1, -0.05) is 0 Å². The second-order valence-corrected chi connectivity index (χ2v) is 1.89. The normalized spacial score (nSPS) is 9.56. The number of methoxy groups -OCH3 is 1. The number of hydrogen-bond acceptors (Lipinski definition) is 2. The number of nitrogens with two attached hydrogens (primary N) is 1. The van der Waals surface area contributed by atoms with Gasteiger partial charge in [-0.3, -0.25) is 0 Å². The van der Waals surface area contributed by atoms with Crippen molar-refractivity contribution in [3.8, 4) is 5.88 Å². The van der Waals surface area contributed by atoms with E-state index >= 15 is 0 Å². The molecule has 0 fully saturated rings. The maximum atomic E-state index is 5.51. The summed E-state index contributed by atoms with van der Waals surface area (Å²) in [6.07, 6.45) is 1.86. The van der Waals surface area contributed by atoms with Gasteiger partial charge in [-0.2, -0.15) is 0 Å². The quantitative estimate of drug-likeness (QED) is 0.599. The van der Waals surface area contributed by atoms with Gasteiger partial charge in [-0.15, -0.1) is 0 Å². The Kier molecular flexibility index (Phi) is 1.34. The largest absolute Gasteiger partial charge is 0.481 e. The molecule has 1 aromatic rings. The van der Waals surface area contributed by atoms with Crippen LogP contribution in [-0.4, -0.2) is 11.7 Å². The Hall–Kier alpha value is -1.12. The van der Waals surface area contributed by atoms with Gasteiger partial charge in [0.25, 0.3) is 0 Å². The van der Waals surface area contributed by atoms with Crippen molar-refractivity contribution >= 4 is 5.69 Å². The number of anilines is 1. The molecule has 0 aliphatic carbocycles. The molecular weight excluding hydrogens is 116 g/mol. The van der Waals surface area contributed by atoms with E-state index in [2.05, 4.69) is 0 Å². The smallest absolute Gasteiger partial charge is 0.216 e. The van der Waals surface area contributed by atoms with E-state index in [0.29, 0.717) is 5.69 Å². The van der Waals surface area contributed by atoms with Gasteiger partial charge in [0.2, 0.25) is 5.88 Å². The van der Waals surface area contributed by atoms with Crippen LogP contribution in [0.1, 0.15) is 0 Å². The standard InChI is InChI=1S/C6H10N2O/c1-8-4-3-5(7)6(8)9-2/h3-4H,7H2,1-2H3. The summed E-state index contributed by atoms with van der Waals surface area (Å²) in [5, 5.41) is 0. The van der Waals surface area contributed by atoms with Gasteiger partial charge < -0.3 is 15.0 Å². The summed E-state index contributed by atoms with van der Waals surface area (Å²) in [6.45, 7) is 0. The molecule has 0 aromatic carbocycles. The third kappa shape index (κ3) is 0.850. The highest BCUT2D eigenvalue weighted by Crippen LogP contribution is 2.19. The molecule has 0 saturated carbocycles. The van der Waals surface area contributed by atoms with Crippen LogP contribution in [0.25, 0.3) is 0 Å². The topological polar surface area (TPSA) is 40.2 Å². The predicted octanol–water partition coefficient (Wildman–Crippen LogP) is 0.616. The monoisotopic (exact) mass is 126 g/mol. The molecular formula is C6H10N2O. The predicted molar refractivity (Wildman–Crippen MR) is 36.4 cm³/mol. The lowest BCUT2D eigenvalue weighted by atomic mass is 10.5. The first kappa shape index (κ1) is 6.01. The van der Waals surface area contributed by atoms with E-state index in [4.69, 9.17) is 10.5 Å². The summed E-state index contributed by atoms with van der Waals surface area (Å²) in [7, 11) is 3.49. The summed E-state index contributed by atoms with van der Waals surface area (Å²) >= 11 is 0. The van der Waals surface area contributed by atoms with E-state index in [0.717, 1.165) is 5.88 Å². The number of nitrogen functional groups attached to an aromatic ring is 1. The summed E-state index contributed by atoms with van der Waals surface area (Å²) < 4.78 is 6.78. The first-order valence-corrected chi connectivity index (χ1v) is 2.70. The van der Waals surface area contributed by atoms with Gasteiger partial charge in [-0.05, 0) is 6.07 Å². The third-order valence-electron chi connectivity index (χ3n) is 1.24. The molecule has 9 heavy (non-hydrogen) atoms. The fourth-order valence-electron chi connectivity index (χ4n) is 0.797. The van der Waals surface area contributed by atoms with Gasteiger partial charge in [0, 0.05) is 13.2 Å². The molecule has 0 aliphatic heterocycles. The molecule has 50 valence electrons. The van der Waals surface area contributed by atoms with Crippen LogP contribution in [0.3, 0.4) is 0 Å². The molecule has 0 aliphatic rings. The van der Waals surface area contributed by atoms with Crippen molar-refractivity contribution in [3.63, 3.8) is 0 Å². The lowest BCUT2D eigenvalue weighted by Crippen LogP contribution is -1.94. The highest BCUT2D eigenvalue weighted by atomic mass is 16.5. The van der Waals surface area contributed by atoms with E-state index < -0.39 is 0 Å². The van der Waals surface area contributed by atoms with Gasteiger partial charge in [0.1, 0.15) is 0 Å². The molecule has 3 nitrogen and oxygen atoms in total. The summed E-state index contributed by atoms with van der Waals surface area (Å²) in [5.41, 5.74) is 6.19. The fourth-order valence-corrected chi connectivity index (χ4v) is 0.797. The molecule has 0 amide bonds. The molecule has 0 saturated heterocycles. The van der Waals surface area contributed by atoms with Gasteiger partial charge in [0.15, 0.2) is 0 Å². The minimum absolute atomic E-state index is 0.681. The zero-order chi connectivity index (χ0) is 6.85. The molecule has 0 radical (unpaired) electrons. The second-order valence-electron chi connectivity index (χ2n) is 1.89. The molecule has 3 heteroatoms. The Balaban J connectivity index is 3.07. The number of aromatic nitrogens is 1. The van der Waals surface area contributed by atoms with Crippen molar-refractivity contribution in [2.45, 2.75) is 0 Å². The minimum Gasteiger partial charge on any atom is -0.481 e. The van der Waals surface area contributed by atoms with Crippen LogP contribution >= 0.6 is 0 Å². The average molecular weight is 126 g/mol. The zero-order valence-electron chi connectivity index (χ0n) is 5.59. The molecule has 1 aromatic heterocycles. The Labute approximate surface area is 54.0 Å². The van der Waals surface area contributed by atoms with Crippen molar-refractivity contribution in [2.24, 2.45) is 7.05 Å². The SMILES string of the molecule is COc1c(N)ccn1C. The van der Waals surface area contributed by atoms with Crippen molar-refractivity contribution < 1.29 is 4.74 Å². The Bertz CT molecular complexity index is 185.